The lowest BCUT2D eigenvalue weighted by molar-refractivity contribution is 0.109. The van der Waals surface area contributed by atoms with E-state index in [9.17, 15) is 5.11 Å². The Bertz CT molecular complexity index is 216. The summed E-state index contributed by atoms with van der Waals surface area (Å²) in [6.45, 7) is 3.39. The summed E-state index contributed by atoms with van der Waals surface area (Å²) in [5.41, 5.74) is -0.843. The molecule has 2 N–H and O–H groups in total. The number of aliphatic hydroxyl groups is 2. The smallest absolute Gasteiger partial charge is 0.133 e. The van der Waals surface area contributed by atoms with Gasteiger partial charge in [-0.2, -0.15) is 0 Å². The Morgan fingerprint density at radius 1 is 1.42 bits per heavy atom. The van der Waals surface area contributed by atoms with Gasteiger partial charge < -0.3 is 10.2 Å². The fourth-order valence-electron chi connectivity index (χ4n) is 1.35. The molecule has 0 spiro atoms. The molecule has 0 aromatic rings. The predicted octanol–water partition coefficient (Wildman–Crippen LogP) is 0.842. The first kappa shape index (κ1) is 9.31. The maximum Gasteiger partial charge on any atom is 0.133 e. The van der Waals surface area contributed by atoms with Crippen LogP contribution in [0.1, 0.15) is 25.7 Å². The second kappa shape index (κ2) is 3.75. The third kappa shape index (κ3) is 2.37. The van der Waals surface area contributed by atoms with Crippen molar-refractivity contribution in [3.63, 3.8) is 0 Å². The van der Waals surface area contributed by atoms with Crippen molar-refractivity contribution in [3.05, 3.63) is 12.7 Å². The van der Waals surface area contributed by atoms with Gasteiger partial charge in [0.1, 0.15) is 11.7 Å². The topological polar surface area (TPSA) is 40.5 Å². The third-order valence-electron chi connectivity index (χ3n) is 2.11. The van der Waals surface area contributed by atoms with Gasteiger partial charge in [-0.05, 0) is 25.7 Å². The summed E-state index contributed by atoms with van der Waals surface area (Å²) in [6.07, 6.45) is 4.04. The van der Waals surface area contributed by atoms with Crippen LogP contribution in [-0.2, 0) is 0 Å². The van der Waals surface area contributed by atoms with Crippen LogP contribution in [0.15, 0.2) is 12.7 Å². The molecule has 1 aliphatic carbocycles. The van der Waals surface area contributed by atoms with Crippen molar-refractivity contribution in [2.24, 2.45) is 0 Å². The lowest BCUT2D eigenvalue weighted by Gasteiger charge is -2.13. The molecule has 66 valence electrons. The Labute approximate surface area is 72.9 Å². The summed E-state index contributed by atoms with van der Waals surface area (Å²) < 4.78 is 0. The fourth-order valence-corrected chi connectivity index (χ4v) is 1.35. The van der Waals surface area contributed by atoms with E-state index in [-0.39, 0.29) is 0 Å². The second-order valence-electron chi connectivity index (χ2n) is 3.19. The van der Waals surface area contributed by atoms with Crippen LogP contribution < -0.4 is 0 Å². The van der Waals surface area contributed by atoms with Crippen molar-refractivity contribution in [1.29, 1.82) is 0 Å². The van der Waals surface area contributed by atoms with E-state index in [1.165, 1.54) is 6.08 Å². The van der Waals surface area contributed by atoms with Gasteiger partial charge in [0.05, 0.1) is 0 Å². The first-order chi connectivity index (χ1) is 5.66. The SMILES string of the molecule is C=CC(O)C#CC1(O)CCCC1. The minimum Gasteiger partial charge on any atom is -0.378 e. The Hall–Kier alpha value is -0.780. The quantitative estimate of drug-likeness (QED) is 0.447. The zero-order valence-corrected chi connectivity index (χ0v) is 7.08. The lowest BCUT2D eigenvalue weighted by Crippen LogP contribution is -2.21. The third-order valence-corrected chi connectivity index (χ3v) is 2.11. The molecule has 1 rings (SSSR count). The van der Waals surface area contributed by atoms with Crippen LogP contribution in [-0.4, -0.2) is 21.9 Å². The molecule has 0 aliphatic heterocycles. The normalized spacial score (nSPS) is 22.5. The zero-order chi connectivity index (χ0) is 9.03. The first-order valence-corrected chi connectivity index (χ1v) is 4.22. The van der Waals surface area contributed by atoms with Crippen molar-refractivity contribution in [2.75, 3.05) is 0 Å². The van der Waals surface area contributed by atoms with Gasteiger partial charge in [-0.1, -0.05) is 24.5 Å². The molecule has 0 aromatic heterocycles. The van der Waals surface area contributed by atoms with Gasteiger partial charge in [-0.15, -0.1) is 0 Å². The Morgan fingerprint density at radius 2 is 2.00 bits per heavy atom. The van der Waals surface area contributed by atoms with E-state index in [2.05, 4.69) is 18.4 Å². The van der Waals surface area contributed by atoms with Crippen LogP contribution in [0.3, 0.4) is 0 Å². The molecule has 0 heterocycles. The van der Waals surface area contributed by atoms with E-state index in [0.717, 1.165) is 25.7 Å². The van der Waals surface area contributed by atoms with Gasteiger partial charge >= 0.3 is 0 Å². The molecule has 0 amide bonds. The summed E-state index contributed by atoms with van der Waals surface area (Å²) in [5, 5.41) is 18.7. The molecule has 1 saturated carbocycles. The molecule has 0 saturated heterocycles. The largest absolute Gasteiger partial charge is 0.378 e. The van der Waals surface area contributed by atoms with E-state index < -0.39 is 11.7 Å². The standard InChI is InChI=1S/C10H14O2/c1-2-9(11)5-8-10(12)6-3-4-7-10/h2,9,11-12H,1,3-4,6-7H2. The average molecular weight is 166 g/mol. The molecule has 0 aromatic carbocycles. The van der Waals surface area contributed by atoms with E-state index in [4.69, 9.17) is 5.11 Å². The number of hydrogen-bond donors (Lipinski definition) is 2. The van der Waals surface area contributed by atoms with Crippen LogP contribution in [0, 0.1) is 11.8 Å². The van der Waals surface area contributed by atoms with Crippen molar-refractivity contribution >= 4 is 0 Å². The van der Waals surface area contributed by atoms with Gasteiger partial charge in [0.15, 0.2) is 0 Å². The number of hydrogen-bond acceptors (Lipinski definition) is 2. The molecule has 2 heteroatoms. The van der Waals surface area contributed by atoms with Crippen LogP contribution in [0.5, 0.6) is 0 Å². The lowest BCUT2D eigenvalue weighted by atomic mass is 10.0. The zero-order valence-electron chi connectivity index (χ0n) is 7.08. The molecule has 2 nitrogen and oxygen atoms in total. The van der Waals surface area contributed by atoms with Crippen molar-refractivity contribution < 1.29 is 10.2 Å². The van der Waals surface area contributed by atoms with Gasteiger partial charge in [-0.25, -0.2) is 0 Å². The van der Waals surface area contributed by atoms with Gasteiger partial charge in [0, 0.05) is 0 Å². The van der Waals surface area contributed by atoms with Gasteiger partial charge in [0.25, 0.3) is 0 Å². The van der Waals surface area contributed by atoms with Crippen LogP contribution in [0.25, 0.3) is 0 Å². The van der Waals surface area contributed by atoms with E-state index in [1.807, 2.05) is 0 Å². The Morgan fingerprint density at radius 3 is 2.50 bits per heavy atom. The Kier molecular flexibility index (Phi) is 2.91. The molecule has 12 heavy (non-hydrogen) atoms. The highest BCUT2D eigenvalue weighted by Gasteiger charge is 2.28. The molecule has 1 atom stereocenters. The summed E-state index contributed by atoms with van der Waals surface area (Å²) in [6, 6.07) is 0. The highest BCUT2D eigenvalue weighted by molar-refractivity contribution is 5.20. The predicted molar refractivity (Wildman–Crippen MR) is 47.4 cm³/mol. The summed E-state index contributed by atoms with van der Waals surface area (Å²) in [4.78, 5) is 0. The highest BCUT2D eigenvalue weighted by atomic mass is 16.3. The average Bonchev–Trinajstić information content (AvgIpc) is 2.49. The molecular formula is C10H14O2. The van der Waals surface area contributed by atoms with Crippen molar-refractivity contribution in [1.82, 2.24) is 0 Å². The number of aliphatic hydroxyl groups excluding tert-OH is 1. The minimum absolute atomic E-state index is 0.726. The molecular weight excluding hydrogens is 152 g/mol. The first-order valence-electron chi connectivity index (χ1n) is 4.22. The minimum atomic E-state index is -0.843. The van der Waals surface area contributed by atoms with E-state index in [1.54, 1.807) is 0 Å². The maximum atomic E-state index is 9.72. The Balaban J connectivity index is 2.56. The van der Waals surface area contributed by atoms with Crippen LogP contribution in [0.2, 0.25) is 0 Å². The van der Waals surface area contributed by atoms with E-state index in [0.29, 0.717) is 0 Å². The molecule has 1 fully saturated rings. The summed E-state index contributed by atoms with van der Waals surface area (Å²) in [7, 11) is 0. The second-order valence-corrected chi connectivity index (χ2v) is 3.19. The molecule has 0 bridgehead atoms. The monoisotopic (exact) mass is 166 g/mol. The summed E-state index contributed by atoms with van der Waals surface area (Å²) >= 11 is 0. The van der Waals surface area contributed by atoms with Crippen molar-refractivity contribution in [2.45, 2.75) is 37.4 Å². The van der Waals surface area contributed by atoms with E-state index >= 15 is 0 Å². The molecule has 0 radical (unpaired) electrons. The highest BCUT2D eigenvalue weighted by Crippen LogP contribution is 2.28. The van der Waals surface area contributed by atoms with Crippen LogP contribution in [0.4, 0.5) is 0 Å². The number of rotatable bonds is 1. The molecule has 1 unspecified atom stereocenters. The van der Waals surface area contributed by atoms with Crippen molar-refractivity contribution in [3.8, 4) is 11.8 Å². The fraction of sp³-hybridized carbons (Fsp3) is 0.600. The van der Waals surface area contributed by atoms with Gasteiger partial charge in [-0.3, -0.25) is 0 Å². The maximum absolute atomic E-state index is 9.72. The summed E-state index contributed by atoms with van der Waals surface area (Å²) in [5.74, 6) is 5.25. The molecule has 1 aliphatic rings. The van der Waals surface area contributed by atoms with Gasteiger partial charge in [0.2, 0.25) is 0 Å². The van der Waals surface area contributed by atoms with Crippen LogP contribution >= 0.6 is 0 Å².